The second-order valence-corrected chi connectivity index (χ2v) is 8.01. The van der Waals surface area contributed by atoms with Gasteiger partial charge in [0.05, 0.1) is 5.69 Å². The van der Waals surface area contributed by atoms with E-state index in [0.29, 0.717) is 18.8 Å². The highest BCUT2D eigenvalue weighted by Crippen LogP contribution is 2.18. The van der Waals surface area contributed by atoms with Crippen LogP contribution in [0.1, 0.15) is 24.1 Å². The minimum atomic E-state index is -0.650. The van der Waals surface area contributed by atoms with Gasteiger partial charge in [-0.1, -0.05) is 35.9 Å². The van der Waals surface area contributed by atoms with Crippen LogP contribution in [0.3, 0.4) is 0 Å². The average Bonchev–Trinajstić information content (AvgIpc) is 2.80. The van der Waals surface area contributed by atoms with E-state index in [1.54, 1.807) is 19.2 Å². The maximum Gasteiger partial charge on any atom is 0.267 e. The summed E-state index contributed by atoms with van der Waals surface area (Å²) in [4.78, 5) is 33.9. The van der Waals surface area contributed by atoms with E-state index >= 15 is 0 Å². The van der Waals surface area contributed by atoms with Crippen molar-refractivity contribution in [2.75, 3.05) is 26.2 Å². The highest BCUT2D eigenvalue weighted by Gasteiger charge is 2.27. The number of hydrogen-bond donors (Lipinski definition) is 0. The fourth-order valence-electron chi connectivity index (χ4n) is 3.83. The second kappa shape index (κ2) is 9.22. The van der Waals surface area contributed by atoms with Gasteiger partial charge in [0.1, 0.15) is 6.04 Å². The molecule has 0 N–H and O–H groups in total. The van der Waals surface area contributed by atoms with Crippen LogP contribution in [-0.2, 0) is 11.3 Å². The Morgan fingerprint density at radius 1 is 1.03 bits per heavy atom. The third-order valence-corrected chi connectivity index (χ3v) is 5.71. The van der Waals surface area contributed by atoms with Crippen molar-refractivity contribution in [3.8, 4) is 11.3 Å². The van der Waals surface area contributed by atoms with E-state index in [1.807, 2.05) is 48.4 Å². The maximum atomic E-state index is 13.1. The Morgan fingerprint density at radius 2 is 1.77 bits per heavy atom. The van der Waals surface area contributed by atoms with Gasteiger partial charge in [0, 0.05) is 56.7 Å². The summed E-state index contributed by atoms with van der Waals surface area (Å²) in [5, 5.41) is 4.50. The second-order valence-electron chi connectivity index (χ2n) is 8.01. The number of nitrogens with zero attached hydrogens (tertiary/aromatic N) is 5. The summed E-state index contributed by atoms with van der Waals surface area (Å²) in [7, 11) is 0. The van der Waals surface area contributed by atoms with Gasteiger partial charge in [0.2, 0.25) is 5.91 Å². The molecular weight excluding hydrogens is 390 g/mol. The third kappa shape index (κ3) is 4.88. The molecule has 31 heavy (non-hydrogen) atoms. The van der Waals surface area contributed by atoms with E-state index in [4.69, 9.17) is 0 Å². The molecule has 160 valence electrons. The Labute approximate surface area is 182 Å². The van der Waals surface area contributed by atoms with Crippen molar-refractivity contribution in [3.05, 3.63) is 82.4 Å². The van der Waals surface area contributed by atoms with Crippen LogP contribution in [0.2, 0.25) is 0 Å². The van der Waals surface area contributed by atoms with E-state index < -0.39 is 6.04 Å². The predicted molar refractivity (Wildman–Crippen MR) is 119 cm³/mol. The summed E-state index contributed by atoms with van der Waals surface area (Å²) in [5.41, 5.74) is 3.65. The van der Waals surface area contributed by atoms with Crippen LogP contribution in [-0.4, -0.2) is 56.7 Å². The molecule has 1 saturated heterocycles. The number of piperazine rings is 1. The zero-order valence-electron chi connectivity index (χ0n) is 17.9. The first kappa shape index (κ1) is 20.9. The van der Waals surface area contributed by atoms with Crippen LogP contribution in [0.25, 0.3) is 11.3 Å². The molecule has 7 heteroatoms. The van der Waals surface area contributed by atoms with Gasteiger partial charge in [0.25, 0.3) is 5.56 Å². The Morgan fingerprint density at radius 3 is 2.45 bits per heavy atom. The highest BCUT2D eigenvalue weighted by atomic mass is 16.2. The molecule has 0 aliphatic carbocycles. The summed E-state index contributed by atoms with van der Waals surface area (Å²) in [5.74, 6) is -0.0725. The lowest BCUT2D eigenvalue weighted by Crippen LogP contribution is -2.50. The fourth-order valence-corrected chi connectivity index (χ4v) is 3.83. The van der Waals surface area contributed by atoms with Crippen molar-refractivity contribution in [1.82, 2.24) is 24.6 Å². The van der Waals surface area contributed by atoms with Crippen molar-refractivity contribution in [2.45, 2.75) is 26.4 Å². The molecule has 3 aromatic rings. The number of aromatic nitrogens is 3. The van der Waals surface area contributed by atoms with Crippen LogP contribution in [0.5, 0.6) is 0 Å². The van der Waals surface area contributed by atoms with Crippen molar-refractivity contribution in [2.24, 2.45) is 0 Å². The van der Waals surface area contributed by atoms with Crippen molar-refractivity contribution < 1.29 is 4.79 Å². The van der Waals surface area contributed by atoms with Gasteiger partial charge in [-0.3, -0.25) is 19.5 Å². The van der Waals surface area contributed by atoms with Crippen LogP contribution in [0, 0.1) is 6.92 Å². The van der Waals surface area contributed by atoms with Crippen LogP contribution >= 0.6 is 0 Å². The van der Waals surface area contributed by atoms with Gasteiger partial charge in [-0.25, -0.2) is 4.68 Å². The van der Waals surface area contributed by atoms with Crippen LogP contribution in [0.4, 0.5) is 0 Å². The van der Waals surface area contributed by atoms with Crippen LogP contribution in [0.15, 0.2) is 65.7 Å². The van der Waals surface area contributed by atoms with Crippen molar-refractivity contribution in [3.63, 3.8) is 0 Å². The standard InChI is InChI=1S/C24H27N5O2/c1-18-5-7-21(8-6-18)22-9-10-23(30)29(26-22)19(2)24(31)28-14-12-27(13-15-28)17-20-4-3-11-25-16-20/h3-11,16,19H,12-15,17H2,1-2H3. The quantitative estimate of drug-likeness (QED) is 0.638. The number of amides is 1. The van der Waals surface area contributed by atoms with Gasteiger partial charge >= 0.3 is 0 Å². The first-order valence-corrected chi connectivity index (χ1v) is 10.6. The first-order chi connectivity index (χ1) is 15.0. The lowest BCUT2D eigenvalue weighted by Gasteiger charge is -2.36. The monoisotopic (exact) mass is 417 g/mol. The molecule has 2 aromatic heterocycles. The number of hydrogen-bond acceptors (Lipinski definition) is 5. The number of pyridine rings is 1. The highest BCUT2D eigenvalue weighted by molar-refractivity contribution is 5.80. The normalized spacial score (nSPS) is 15.6. The minimum Gasteiger partial charge on any atom is -0.338 e. The SMILES string of the molecule is Cc1ccc(-c2ccc(=O)n(C(C)C(=O)N3CCN(Cc4cccnc4)CC3)n2)cc1. The Balaban J connectivity index is 1.43. The van der Waals surface area contributed by atoms with Gasteiger partial charge in [-0.2, -0.15) is 5.10 Å². The lowest BCUT2D eigenvalue weighted by atomic mass is 10.1. The molecule has 0 spiro atoms. The summed E-state index contributed by atoms with van der Waals surface area (Å²) < 4.78 is 1.31. The lowest BCUT2D eigenvalue weighted by molar-refractivity contribution is -0.136. The summed E-state index contributed by atoms with van der Waals surface area (Å²) in [6.45, 7) is 7.45. The smallest absolute Gasteiger partial charge is 0.267 e. The zero-order valence-corrected chi connectivity index (χ0v) is 17.9. The number of carbonyl (C=O) groups is 1. The molecule has 1 fully saturated rings. The minimum absolute atomic E-state index is 0.0725. The first-order valence-electron chi connectivity index (χ1n) is 10.6. The van der Waals surface area contributed by atoms with Crippen molar-refractivity contribution in [1.29, 1.82) is 0 Å². The molecule has 1 aliphatic rings. The summed E-state index contributed by atoms with van der Waals surface area (Å²) >= 11 is 0. The molecule has 1 atom stereocenters. The van der Waals surface area contributed by atoms with E-state index in [9.17, 15) is 9.59 Å². The number of carbonyl (C=O) groups excluding carboxylic acids is 1. The summed E-state index contributed by atoms with van der Waals surface area (Å²) in [6, 6.07) is 14.5. The Hall–Kier alpha value is -3.32. The summed E-state index contributed by atoms with van der Waals surface area (Å²) in [6.07, 6.45) is 3.64. The molecule has 3 heterocycles. The number of rotatable bonds is 5. The molecular formula is C24H27N5O2. The molecule has 0 radical (unpaired) electrons. The molecule has 1 amide bonds. The number of aryl methyl sites for hydroxylation is 1. The molecule has 1 aliphatic heterocycles. The van der Waals surface area contributed by atoms with Gasteiger partial charge < -0.3 is 4.90 Å². The third-order valence-electron chi connectivity index (χ3n) is 5.71. The Kier molecular flexibility index (Phi) is 6.23. The molecule has 4 rings (SSSR count). The van der Waals surface area contributed by atoms with E-state index in [0.717, 1.165) is 30.8 Å². The molecule has 1 aromatic carbocycles. The number of benzene rings is 1. The predicted octanol–water partition coefficient (Wildman–Crippen LogP) is 2.52. The molecule has 7 nitrogen and oxygen atoms in total. The van der Waals surface area contributed by atoms with Gasteiger partial charge in [-0.05, 0) is 31.5 Å². The van der Waals surface area contributed by atoms with Crippen LogP contribution < -0.4 is 5.56 Å². The van der Waals surface area contributed by atoms with E-state index in [-0.39, 0.29) is 11.5 Å². The van der Waals surface area contributed by atoms with Gasteiger partial charge in [0.15, 0.2) is 0 Å². The Bertz CT molecular complexity index is 1090. The zero-order chi connectivity index (χ0) is 21.8. The van der Waals surface area contributed by atoms with E-state index in [1.165, 1.54) is 16.3 Å². The van der Waals surface area contributed by atoms with Crippen molar-refractivity contribution >= 4 is 5.91 Å². The molecule has 1 unspecified atom stereocenters. The maximum absolute atomic E-state index is 13.1. The largest absolute Gasteiger partial charge is 0.338 e. The topological polar surface area (TPSA) is 71.3 Å². The molecule has 0 bridgehead atoms. The fraction of sp³-hybridized carbons (Fsp3) is 0.333. The van der Waals surface area contributed by atoms with E-state index in [2.05, 4.69) is 21.0 Å². The van der Waals surface area contributed by atoms with Gasteiger partial charge in [-0.15, -0.1) is 0 Å². The molecule has 0 saturated carbocycles. The average molecular weight is 418 g/mol.